The molecule has 0 atom stereocenters. The molecule has 3 heteroatoms. The summed E-state index contributed by atoms with van der Waals surface area (Å²) in [6.45, 7) is 2.53. The molecule has 0 unspecified atom stereocenters. The van der Waals surface area contributed by atoms with Gasteiger partial charge in [-0.15, -0.1) is 0 Å². The molecule has 0 spiro atoms. The summed E-state index contributed by atoms with van der Waals surface area (Å²) in [5, 5.41) is 8.05. The number of carboxylic acids is 1. The maximum absolute atomic E-state index is 9.80. The Morgan fingerprint density at radius 3 is 2.89 bits per heavy atom. The van der Waals surface area contributed by atoms with E-state index in [4.69, 9.17) is 9.84 Å². The first kappa shape index (κ1) is 8.01. The number of hydrogen-bond acceptors (Lipinski definition) is 2. The van der Waals surface area contributed by atoms with Gasteiger partial charge in [0.25, 0.3) is 0 Å². The summed E-state index contributed by atoms with van der Waals surface area (Å²) in [5.74, 6) is -0.980. The third-order valence-electron chi connectivity index (χ3n) is 0.629. The van der Waals surface area contributed by atoms with E-state index in [0.29, 0.717) is 6.61 Å². The highest BCUT2D eigenvalue weighted by Crippen LogP contribution is 1.80. The van der Waals surface area contributed by atoms with Gasteiger partial charge in [0.2, 0.25) is 0 Å². The average Bonchev–Trinajstić information content (AvgIpc) is 1.80. The van der Waals surface area contributed by atoms with Crippen molar-refractivity contribution in [3.63, 3.8) is 0 Å². The van der Waals surface area contributed by atoms with Gasteiger partial charge in [-0.05, 0) is 6.42 Å². The Bertz CT molecular complexity index is 107. The van der Waals surface area contributed by atoms with Crippen LogP contribution in [0.5, 0.6) is 0 Å². The van der Waals surface area contributed by atoms with Crippen molar-refractivity contribution in [1.29, 1.82) is 0 Å². The van der Waals surface area contributed by atoms with E-state index in [1.165, 1.54) is 6.26 Å². The van der Waals surface area contributed by atoms with Crippen LogP contribution in [0.25, 0.3) is 0 Å². The quantitative estimate of drug-likeness (QED) is 0.351. The molecule has 0 amide bonds. The maximum atomic E-state index is 9.80. The third kappa shape index (κ3) is 7.01. The lowest BCUT2D eigenvalue weighted by Gasteiger charge is -1.92. The standard InChI is InChI=1S/C6H10O3/c1-2-4-9-5-3-6(7)8/h3,5H,2,4H2,1H3,(H,7,8). The topological polar surface area (TPSA) is 46.5 Å². The summed E-state index contributed by atoms with van der Waals surface area (Å²) in [4.78, 5) is 9.80. The molecular formula is C6H10O3. The Hall–Kier alpha value is -0.990. The molecular weight excluding hydrogens is 120 g/mol. The van der Waals surface area contributed by atoms with Crippen molar-refractivity contribution in [2.75, 3.05) is 6.61 Å². The first-order valence-corrected chi connectivity index (χ1v) is 2.78. The second kappa shape index (κ2) is 5.15. The molecule has 0 radical (unpaired) electrons. The summed E-state index contributed by atoms with van der Waals surface area (Å²) < 4.78 is 4.73. The van der Waals surface area contributed by atoms with Gasteiger partial charge in [-0.1, -0.05) is 6.92 Å². The molecule has 0 aliphatic rings. The highest BCUT2D eigenvalue weighted by atomic mass is 16.5. The summed E-state index contributed by atoms with van der Waals surface area (Å²) in [5.41, 5.74) is 0. The van der Waals surface area contributed by atoms with Crippen molar-refractivity contribution in [2.45, 2.75) is 13.3 Å². The van der Waals surface area contributed by atoms with Crippen LogP contribution in [0.3, 0.4) is 0 Å². The van der Waals surface area contributed by atoms with Gasteiger partial charge in [0.05, 0.1) is 18.9 Å². The molecule has 52 valence electrons. The minimum atomic E-state index is -0.980. The van der Waals surface area contributed by atoms with E-state index in [0.717, 1.165) is 12.5 Å². The zero-order valence-corrected chi connectivity index (χ0v) is 5.33. The zero-order chi connectivity index (χ0) is 7.11. The van der Waals surface area contributed by atoms with Crippen molar-refractivity contribution in [2.24, 2.45) is 0 Å². The second-order valence-electron chi connectivity index (χ2n) is 1.51. The number of hydrogen-bond donors (Lipinski definition) is 1. The van der Waals surface area contributed by atoms with Crippen LogP contribution in [0.1, 0.15) is 13.3 Å². The fourth-order valence-electron chi connectivity index (χ4n) is 0.292. The lowest BCUT2D eigenvalue weighted by atomic mass is 10.5. The largest absolute Gasteiger partial charge is 0.501 e. The predicted octanol–water partition coefficient (Wildman–Crippen LogP) is 1.01. The van der Waals surface area contributed by atoms with Crippen molar-refractivity contribution < 1.29 is 14.6 Å². The maximum Gasteiger partial charge on any atom is 0.331 e. The minimum Gasteiger partial charge on any atom is -0.501 e. The molecule has 9 heavy (non-hydrogen) atoms. The van der Waals surface area contributed by atoms with Crippen molar-refractivity contribution in [3.05, 3.63) is 12.3 Å². The van der Waals surface area contributed by atoms with Crippen LogP contribution in [0.4, 0.5) is 0 Å². The fraction of sp³-hybridized carbons (Fsp3) is 0.500. The van der Waals surface area contributed by atoms with Gasteiger partial charge >= 0.3 is 5.97 Å². The van der Waals surface area contributed by atoms with Crippen molar-refractivity contribution in [3.8, 4) is 0 Å². The van der Waals surface area contributed by atoms with Crippen molar-refractivity contribution in [1.82, 2.24) is 0 Å². The number of rotatable bonds is 4. The summed E-state index contributed by atoms with van der Waals surface area (Å²) in [6.07, 6.45) is 3.05. The molecule has 0 bridgehead atoms. The first-order chi connectivity index (χ1) is 4.27. The van der Waals surface area contributed by atoms with E-state index in [9.17, 15) is 4.79 Å². The Morgan fingerprint density at radius 1 is 1.78 bits per heavy atom. The molecule has 1 N–H and O–H groups in total. The monoisotopic (exact) mass is 130 g/mol. The van der Waals surface area contributed by atoms with Gasteiger partial charge in [-0.2, -0.15) is 0 Å². The number of carboxylic acid groups (broad SMARTS) is 1. The Kier molecular flexibility index (Phi) is 4.59. The molecule has 0 saturated heterocycles. The van der Waals surface area contributed by atoms with E-state index < -0.39 is 5.97 Å². The first-order valence-electron chi connectivity index (χ1n) is 2.78. The van der Waals surface area contributed by atoms with Crippen LogP contribution in [0.15, 0.2) is 12.3 Å². The predicted molar refractivity (Wildman–Crippen MR) is 33.0 cm³/mol. The second-order valence-corrected chi connectivity index (χ2v) is 1.51. The van der Waals surface area contributed by atoms with Crippen LogP contribution in [-0.2, 0) is 9.53 Å². The summed E-state index contributed by atoms with van der Waals surface area (Å²) in [7, 11) is 0. The molecule has 0 aromatic rings. The fourth-order valence-corrected chi connectivity index (χ4v) is 0.292. The Morgan fingerprint density at radius 2 is 2.44 bits per heavy atom. The molecule has 0 aromatic carbocycles. The smallest absolute Gasteiger partial charge is 0.331 e. The van der Waals surface area contributed by atoms with E-state index in [1.807, 2.05) is 6.92 Å². The SMILES string of the molecule is CCCOC=CC(=O)O. The van der Waals surface area contributed by atoms with Crippen molar-refractivity contribution >= 4 is 5.97 Å². The highest BCUT2D eigenvalue weighted by molar-refractivity contribution is 5.79. The van der Waals surface area contributed by atoms with Gasteiger partial charge < -0.3 is 9.84 Å². The molecule has 0 heterocycles. The summed E-state index contributed by atoms with van der Waals surface area (Å²) >= 11 is 0. The van der Waals surface area contributed by atoms with E-state index in [2.05, 4.69) is 0 Å². The molecule has 0 saturated carbocycles. The minimum absolute atomic E-state index is 0.573. The molecule has 0 aliphatic carbocycles. The molecule has 0 fully saturated rings. The van der Waals surface area contributed by atoms with E-state index in [-0.39, 0.29) is 0 Å². The van der Waals surface area contributed by atoms with Crippen LogP contribution in [-0.4, -0.2) is 17.7 Å². The Balaban J connectivity index is 3.15. The highest BCUT2D eigenvalue weighted by Gasteiger charge is 1.82. The van der Waals surface area contributed by atoms with Crippen LogP contribution in [0, 0.1) is 0 Å². The molecule has 3 nitrogen and oxygen atoms in total. The van der Waals surface area contributed by atoms with Gasteiger partial charge in [-0.25, -0.2) is 4.79 Å². The zero-order valence-electron chi connectivity index (χ0n) is 5.33. The average molecular weight is 130 g/mol. The van der Waals surface area contributed by atoms with Gasteiger partial charge in [0, 0.05) is 0 Å². The lowest BCUT2D eigenvalue weighted by molar-refractivity contribution is -0.131. The van der Waals surface area contributed by atoms with E-state index >= 15 is 0 Å². The molecule has 0 aliphatic heterocycles. The van der Waals surface area contributed by atoms with Crippen LogP contribution >= 0.6 is 0 Å². The Labute approximate surface area is 53.9 Å². The molecule has 0 rings (SSSR count). The van der Waals surface area contributed by atoms with Gasteiger partial charge in [0.1, 0.15) is 0 Å². The third-order valence-corrected chi connectivity index (χ3v) is 0.629. The van der Waals surface area contributed by atoms with Crippen LogP contribution < -0.4 is 0 Å². The van der Waals surface area contributed by atoms with Gasteiger partial charge in [-0.3, -0.25) is 0 Å². The summed E-state index contributed by atoms with van der Waals surface area (Å²) in [6, 6.07) is 0. The number of ether oxygens (including phenoxy) is 1. The van der Waals surface area contributed by atoms with Crippen LogP contribution in [0.2, 0.25) is 0 Å². The van der Waals surface area contributed by atoms with E-state index in [1.54, 1.807) is 0 Å². The number of carbonyl (C=O) groups is 1. The van der Waals surface area contributed by atoms with Gasteiger partial charge in [0.15, 0.2) is 0 Å². The number of aliphatic carboxylic acids is 1. The normalized spacial score (nSPS) is 9.89. The molecule has 0 aromatic heterocycles. The lowest BCUT2D eigenvalue weighted by Crippen LogP contribution is -1.88.